The van der Waals surface area contributed by atoms with Gasteiger partial charge in [-0.05, 0) is 54.9 Å². The maximum atomic E-state index is 12.4. The fourth-order valence-electron chi connectivity index (χ4n) is 2.10. The first-order valence-electron chi connectivity index (χ1n) is 6.87. The van der Waals surface area contributed by atoms with Crippen LogP contribution in [0.5, 0.6) is 5.75 Å². The fourth-order valence-corrected chi connectivity index (χ4v) is 2.10. The van der Waals surface area contributed by atoms with Gasteiger partial charge in [0, 0.05) is 18.3 Å². The summed E-state index contributed by atoms with van der Waals surface area (Å²) in [6.45, 7) is 0.610. The molecule has 0 unspecified atom stereocenters. The first-order chi connectivity index (χ1) is 10.2. The topological polar surface area (TPSA) is 55.6 Å². The zero-order chi connectivity index (χ0) is 15.2. The Balaban J connectivity index is 2.13. The number of benzene rings is 2. The van der Waals surface area contributed by atoms with Crippen LogP contribution in [0.2, 0.25) is 0 Å². The summed E-state index contributed by atoms with van der Waals surface area (Å²) in [5.41, 5.74) is 8.15. The van der Waals surface area contributed by atoms with Crippen molar-refractivity contribution in [2.45, 2.75) is 6.42 Å². The molecule has 0 heterocycles. The van der Waals surface area contributed by atoms with Gasteiger partial charge in [-0.2, -0.15) is 0 Å². The number of hydrogen-bond acceptors (Lipinski definition) is 3. The number of rotatable bonds is 5. The molecule has 0 fully saturated rings. The first kappa shape index (κ1) is 15.1. The molecule has 2 aromatic rings. The quantitative estimate of drug-likeness (QED) is 0.917. The molecule has 0 aliphatic heterocycles. The Morgan fingerprint density at radius 3 is 2.24 bits per heavy atom. The van der Waals surface area contributed by atoms with E-state index in [1.165, 1.54) is 0 Å². The lowest BCUT2D eigenvalue weighted by Gasteiger charge is -2.18. The Kier molecular flexibility index (Phi) is 4.95. The molecule has 0 aromatic heterocycles. The van der Waals surface area contributed by atoms with Crippen molar-refractivity contribution in [1.82, 2.24) is 0 Å². The van der Waals surface area contributed by atoms with Gasteiger partial charge in [0.15, 0.2) is 0 Å². The summed E-state index contributed by atoms with van der Waals surface area (Å²) in [6, 6.07) is 15.0. The molecule has 0 spiro atoms. The summed E-state index contributed by atoms with van der Waals surface area (Å²) < 4.78 is 5.12. The van der Waals surface area contributed by atoms with Crippen LogP contribution in [-0.4, -0.2) is 26.6 Å². The van der Waals surface area contributed by atoms with Crippen molar-refractivity contribution in [1.29, 1.82) is 0 Å². The van der Waals surface area contributed by atoms with Crippen molar-refractivity contribution >= 4 is 11.6 Å². The van der Waals surface area contributed by atoms with Crippen molar-refractivity contribution in [2.24, 2.45) is 5.73 Å². The Hall–Kier alpha value is -2.33. The summed E-state index contributed by atoms with van der Waals surface area (Å²) in [5.74, 6) is 0.727. The molecule has 0 bridgehead atoms. The van der Waals surface area contributed by atoms with E-state index in [4.69, 9.17) is 10.5 Å². The van der Waals surface area contributed by atoms with E-state index >= 15 is 0 Å². The molecule has 1 amide bonds. The highest BCUT2D eigenvalue weighted by atomic mass is 16.5. The lowest BCUT2D eigenvalue weighted by atomic mass is 10.1. The minimum absolute atomic E-state index is 0.0422. The second-order valence-corrected chi connectivity index (χ2v) is 4.80. The Morgan fingerprint density at radius 2 is 1.71 bits per heavy atom. The predicted molar refractivity (Wildman–Crippen MR) is 84.9 cm³/mol. The smallest absolute Gasteiger partial charge is 0.258 e. The number of anilines is 1. The second kappa shape index (κ2) is 6.90. The standard InChI is InChI=1S/C17H20N2O2/c1-19(15-7-9-16(21-2)10-8-15)17(20)14-5-3-13(4-6-14)11-12-18/h3-10H,11-12,18H2,1-2H3. The number of nitrogens with zero attached hydrogens (tertiary/aromatic N) is 1. The first-order valence-corrected chi connectivity index (χ1v) is 6.87. The molecular weight excluding hydrogens is 264 g/mol. The number of ether oxygens (including phenoxy) is 1. The van der Waals surface area contributed by atoms with Gasteiger partial charge in [-0.3, -0.25) is 4.79 Å². The van der Waals surface area contributed by atoms with Gasteiger partial charge in [0.2, 0.25) is 0 Å². The van der Waals surface area contributed by atoms with Gasteiger partial charge >= 0.3 is 0 Å². The zero-order valence-corrected chi connectivity index (χ0v) is 12.4. The summed E-state index contributed by atoms with van der Waals surface area (Å²) in [4.78, 5) is 14.1. The number of nitrogens with two attached hydrogens (primary N) is 1. The van der Waals surface area contributed by atoms with Gasteiger partial charge in [-0.1, -0.05) is 12.1 Å². The maximum Gasteiger partial charge on any atom is 0.258 e. The number of methoxy groups -OCH3 is 1. The van der Waals surface area contributed by atoms with E-state index in [2.05, 4.69) is 0 Å². The zero-order valence-electron chi connectivity index (χ0n) is 12.4. The fraction of sp³-hybridized carbons (Fsp3) is 0.235. The van der Waals surface area contributed by atoms with Crippen LogP contribution in [0.25, 0.3) is 0 Å². The molecular formula is C17H20N2O2. The van der Waals surface area contributed by atoms with E-state index < -0.39 is 0 Å². The van der Waals surface area contributed by atoms with E-state index in [1.807, 2.05) is 48.5 Å². The molecule has 0 aliphatic carbocycles. The number of amides is 1. The van der Waals surface area contributed by atoms with Crippen LogP contribution in [0.15, 0.2) is 48.5 Å². The van der Waals surface area contributed by atoms with Crippen LogP contribution in [0, 0.1) is 0 Å². The number of carbonyl (C=O) groups is 1. The highest BCUT2D eigenvalue weighted by Crippen LogP contribution is 2.20. The summed E-state index contributed by atoms with van der Waals surface area (Å²) >= 11 is 0. The average Bonchev–Trinajstić information content (AvgIpc) is 2.54. The van der Waals surface area contributed by atoms with Crippen molar-refractivity contribution < 1.29 is 9.53 Å². The summed E-state index contributed by atoms with van der Waals surface area (Å²) in [7, 11) is 3.38. The predicted octanol–water partition coefficient (Wildman–Crippen LogP) is 2.47. The molecule has 110 valence electrons. The van der Waals surface area contributed by atoms with Gasteiger partial charge in [-0.15, -0.1) is 0 Å². The lowest BCUT2D eigenvalue weighted by molar-refractivity contribution is 0.0993. The van der Waals surface area contributed by atoms with E-state index in [0.29, 0.717) is 12.1 Å². The SMILES string of the molecule is COc1ccc(N(C)C(=O)c2ccc(CCN)cc2)cc1. The molecule has 21 heavy (non-hydrogen) atoms. The van der Waals surface area contributed by atoms with Crippen LogP contribution in [0.3, 0.4) is 0 Å². The Morgan fingerprint density at radius 1 is 1.10 bits per heavy atom. The Labute approximate surface area is 125 Å². The van der Waals surface area contributed by atoms with Gasteiger partial charge in [0.1, 0.15) is 5.75 Å². The molecule has 0 atom stereocenters. The van der Waals surface area contributed by atoms with Gasteiger partial charge in [0.05, 0.1) is 7.11 Å². The van der Waals surface area contributed by atoms with Crippen molar-refractivity contribution in [3.05, 3.63) is 59.7 Å². The molecule has 0 radical (unpaired) electrons. The van der Waals surface area contributed by atoms with E-state index in [-0.39, 0.29) is 5.91 Å². The van der Waals surface area contributed by atoms with E-state index in [9.17, 15) is 4.79 Å². The highest BCUT2D eigenvalue weighted by Gasteiger charge is 2.13. The molecule has 4 nitrogen and oxygen atoms in total. The normalized spacial score (nSPS) is 10.2. The summed E-state index contributed by atoms with van der Waals surface area (Å²) in [5, 5.41) is 0. The average molecular weight is 284 g/mol. The third-order valence-electron chi connectivity index (χ3n) is 3.40. The van der Waals surface area contributed by atoms with Crippen LogP contribution in [0.4, 0.5) is 5.69 Å². The Bertz CT molecular complexity index is 591. The van der Waals surface area contributed by atoms with Crippen molar-refractivity contribution in [3.8, 4) is 5.75 Å². The van der Waals surface area contributed by atoms with Gasteiger partial charge in [-0.25, -0.2) is 0 Å². The molecule has 2 aromatic carbocycles. The minimum Gasteiger partial charge on any atom is -0.497 e. The van der Waals surface area contributed by atoms with Gasteiger partial charge < -0.3 is 15.4 Å². The van der Waals surface area contributed by atoms with Crippen LogP contribution in [0.1, 0.15) is 15.9 Å². The monoisotopic (exact) mass is 284 g/mol. The van der Waals surface area contributed by atoms with Gasteiger partial charge in [0.25, 0.3) is 5.91 Å². The largest absolute Gasteiger partial charge is 0.497 e. The van der Waals surface area contributed by atoms with E-state index in [1.54, 1.807) is 19.1 Å². The van der Waals surface area contributed by atoms with Crippen molar-refractivity contribution in [3.63, 3.8) is 0 Å². The number of carbonyl (C=O) groups excluding carboxylic acids is 1. The third-order valence-corrected chi connectivity index (χ3v) is 3.40. The minimum atomic E-state index is -0.0422. The van der Waals surface area contributed by atoms with Crippen LogP contribution >= 0.6 is 0 Å². The van der Waals surface area contributed by atoms with Crippen molar-refractivity contribution in [2.75, 3.05) is 25.6 Å². The molecule has 2 rings (SSSR count). The molecule has 0 saturated carbocycles. The third kappa shape index (κ3) is 3.61. The molecule has 0 aliphatic rings. The number of hydrogen-bond donors (Lipinski definition) is 1. The second-order valence-electron chi connectivity index (χ2n) is 4.80. The molecule has 4 heteroatoms. The summed E-state index contributed by atoms with van der Waals surface area (Å²) in [6.07, 6.45) is 0.822. The molecule has 0 saturated heterocycles. The molecule has 2 N–H and O–H groups in total. The van der Waals surface area contributed by atoms with Crippen LogP contribution in [-0.2, 0) is 6.42 Å². The highest BCUT2D eigenvalue weighted by molar-refractivity contribution is 6.05. The maximum absolute atomic E-state index is 12.4. The lowest BCUT2D eigenvalue weighted by Crippen LogP contribution is -2.26. The van der Waals surface area contributed by atoms with E-state index in [0.717, 1.165) is 23.4 Å². The van der Waals surface area contributed by atoms with Crippen LogP contribution < -0.4 is 15.4 Å².